The molecule has 2 atom stereocenters. The molecule has 0 aliphatic carbocycles. The Hall–Kier alpha value is -1.35. The van der Waals surface area contributed by atoms with E-state index in [9.17, 15) is 4.79 Å². The minimum Gasteiger partial charge on any atom is -0.378 e. The zero-order valence-electron chi connectivity index (χ0n) is 12.7. The van der Waals surface area contributed by atoms with Crippen LogP contribution >= 0.6 is 0 Å². The predicted octanol–water partition coefficient (Wildman–Crippen LogP) is 2.81. The van der Waals surface area contributed by atoms with Crippen LogP contribution < -0.4 is 4.90 Å². The van der Waals surface area contributed by atoms with Gasteiger partial charge >= 0.3 is 0 Å². The van der Waals surface area contributed by atoms with Gasteiger partial charge in [-0.25, -0.2) is 0 Å². The Bertz CT molecular complexity index is 497. The lowest BCUT2D eigenvalue weighted by atomic mass is 9.85. The zero-order chi connectivity index (χ0) is 14.3. The van der Waals surface area contributed by atoms with Gasteiger partial charge in [0.25, 0.3) is 0 Å². The minimum absolute atomic E-state index is 0.223. The van der Waals surface area contributed by atoms with Crippen molar-refractivity contribution in [2.24, 2.45) is 5.92 Å². The molecule has 0 aromatic heterocycles. The van der Waals surface area contributed by atoms with E-state index < -0.39 is 0 Å². The van der Waals surface area contributed by atoms with Crippen LogP contribution in [0.3, 0.4) is 0 Å². The summed E-state index contributed by atoms with van der Waals surface area (Å²) in [6.07, 6.45) is 4.61. The number of fused-ring (bicyclic) bond motifs is 2. The van der Waals surface area contributed by atoms with Gasteiger partial charge in [0.1, 0.15) is 0 Å². The summed E-state index contributed by atoms with van der Waals surface area (Å²) in [5, 5.41) is 0. The Balaban J connectivity index is 1.78. The van der Waals surface area contributed by atoms with Crippen molar-refractivity contribution in [1.29, 1.82) is 0 Å². The van der Waals surface area contributed by atoms with Gasteiger partial charge in [-0.15, -0.1) is 0 Å². The molecule has 2 saturated heterocycles. The molecule has 0 spiro atoms. The lowest BCUT2D eigenvalue weighted by Gasteiger charge is -2.35. The molecule has 2 heterocycles. The van der Waals surface area contributed by atoms with Crippen LogP contribution in [0.1, 0.15) is 36.0 Å². The van der Waals surface area contributed by atoms with E-state index in [-0.39, 0.29) is 5.92 Å². The summed E-state index contributed by atoms with van der Waals surface area (Å²) in [6.45, 7) is 0. The van der Waals surface area contributed by atoms with Crippen molar-refractivity contribution in [3.63, 3.8) is 0 Å². The predicted molar refractivity (Wildman–Crippen MR) is 82.4 cm³/mol. The first kappa shape index (κ1) is 13.6. The molecule has 2 bridgehead atoms. The van der Waals surface area contributed by atoms with E-state index in [1.807, 2.05) is 32.3 Å². The number of nitrogens with zero attached hydrogens (tertiary/aromatic N) is 2. The van der Waals surface area contributed by atoms with Crippen molar-refractivity contribution in [2.75, 3.05) is 26.0 Å². The van der Waals surface area contributed by atoms with Gasteiger partial charge in [0.2, 0.25) is 0 Å². The normalized spacial score (nSPS) is 29.4. The fourth-order valence-electron chi connectivity index (χ4n) is 3.80. The number of carbonyl (C=O) groups excluding carboxylic acids is 1. The smallest absolute Gasteiger partial charge is 0.166 e. The maximum atomic E-state index is 12.8. The number of hydrogen-bond donors (Lipinski definition) is 0. The third kappa shape index (κ3) is 2.35. The van der Waals surface area contributed by atoms with Crippen molar-refractivity contribution in [2.45, 2.75) is 37.8 Å². The summed E-state index contributed by atoms with van der Waals surface area (Å²) >= 11 is 0. The third-order valence-electron chi connectivity index (χ3n) is 5.12. The lowest BCUT2D eigenvalue weighted by Crippen LogP contribution is -2.42. The second-order valence-electron chi connectivity index (χ2n) is 6.53. The fourth-order valence-corrected chi connectivity index (χ4v) is 3.80. The van der Waals surface area contributed by atoms with Gasteiger partial charge < -0.3 is 9.80 Å². The Morgan fingerprint density at radius 3 is 2.45 bits per heavy atom. The summed E-state index contributed by atoms with van der Waals surface area (Å²) in [5.41, 5.74) is 1.98. The number of hydrogen-bond acceptors (Lipinski definition) is 3. The van der Waals surface area contributed by atoms with E-state index >= 15 is 0 Å². The van der Waals surface area contributed by atoms with Crippen molar-refractivity contribution in [1.82, 2.24) is 4.90 Å². The van der Waals surface area contributed by atoms with Crippen LogP contribution in [0.2, 0.25) is 0 Å². The molecular weight excluding hydrogens is 248 g/mol. The summed E-state index contributed by atoms with van der Waals surface area (Å²) in [7, 11) is 6.24. The van der Waals surface area contributed by atoms with Gasteiger partial charge in [-0.05, 0) is 44.9 Å². The Morgan fingerprint density at radius 1 is 1.20 bits per heavy atom. The molecule has 1 aromatic rings. The van der Waals surface area contributed by atoms with Gasteiger partial charge in [0.15, 0.2) is 5.78 Å². The van der Waals surface area contributed by atoms with Gasteiger partial charge in [0.05, 0.1) is 0 Å². The first-order valence-corrected chi connectivity index (χ1v) is 7.60. The van der Waals surface area contributed by atoms with E-state index in [2.05, 4.69) is 22.9 Å². The summed E-state index contributed by atoms with van der Waals surface area (Å²) in [5.74, 6) is 0.569. The topological polar surface area (TPSA) is 23.6 Å². The SMILES string of the molecule is CN(C)c1cccc(C(=O)C2CC3CCC(C2)N3C)c1. The van der Waals surface area contributed by atoms with Crippen LogP contribution in [0, 0.1) is 5.92 Å². The first-order valence-electron chi connectivity index (χ1n) is 7.60. The quantitative estimate of drug-likeness (QED) is 0.791. The van der Waals surface area contributed by atoms with Crippen molar-refractivity contribution >= 4 is 11.5 Å². The number of anilines is 1. The molecule has 3 heteroatoms. The van der Waals surface area contributed by atoms with E-state index in [1.54, 1.807) is 0 Å². The molecular formula is C17H24N2O. The second kappa shape index (κ2) is 5.21. The van der Waals surface area contributed by atoms with Crippen LogP contribution in [0.5, 0.6) is 0 Å². The average molecular weight is 272 g/mol. The molecule has 0 radical (unpaired) electrons. The molecule has 2 aliphatic heterocycles. The van der Waals surface area contributed by atoms with Crippen LogP contribution in [0.4, 0.5) is 5.69 Å². The molecule has 20 heavy (non-hydrogen) atoms. The van der Waals surface area contributed by atoms with Crippen molar-refractivity contribution in [3.05, 3.63) is 29.8 Å². The highest BCUT2D eigenvalue weighted by Crippen LogP contribution is 2.38. The van der Waals surface area contributed by atoms with Gasteiger partial charge in [-0.2, -0.15) is 0 Å². The van der Waals surface area contributed by atoms with E-state index in [1.165, 1.54) is 12.8 Å². The molecule has 108 valence electrons. The molecule has 2 fully saturated rings. The molecule has 2 aliphatic rings. The van der Waals surface area contributed by atoms with E-state index in [0.29, 0.717) is 17.9 Å². The monoisotopic (exact) mass is 272 g/mol. The van der Waals surface area contributed by atoms with E-state index in [0.717, 1.165) is 24.1 Å². The Morgan fingerprint density at radius 2 is 1.85 bits per heavy atom. The first-order chi connectivity index (χ1) is 9.56. The number of rotatable bonds is 3. The maximum absolute atomic E-state index is 12.8. The van der Waals surface area contributed by atoms with Gasteiger partial charge in [-0.1, -0.05) is 12.1 Å². The van der Waals surface area contributed by atoms with E-state index in [4.69, 9.17) is 0 Å². The number of benzene rings is 1. The van der Waals surface area contributed by atoms with Crippen LogP contribution in [0.25, 0.3) is 0 Å². The van der Waals surface area contributed by atoms with Crippen LogP contribution in [0.15, 0.2) is 24.3 Å². The number of ketones is 1. The number of carbonyl (C=O) groups is 1. The molecule has 1 aromatic carbocycles. The van der Waals surface area contributed by atoms with Crippen molar-refractivity contribution < 1.29 is 4.79 Å². The molecule has 0 saturated carbocycles. The second-order valence-corrected chi connectivity index (χ2v) is 6.53. The van der Waals surface area contributed by atoms with Gasteiger partial charge in [-0.3, -0.25) is 4.79 Å². The molecule has 3 rings (SSSR count). The zero-order valence-corrected chi connectivity index (χ0v) is 12.7. The van der Waals surface area contributed by atoms with Crippen LogP contribution in [-0.2, 0) is 0 Å². The molecule has 3 nitrogen and oxygen atoms in total. The maximum Gasteiger partial charge on any atom is 0.166 e. The summed E-state index contributed by atoms with van der Waals surface area (Å²) in [6, 6.07) is 9.29. The highest BCUT2D eigenvalue weighted by atomic mass is 16.1. The molecule has 2 unspecified atom stereocenters. The summed E-state index contributed by atoms with van der Waals surface area (Å²) < 4.78 is 0. The third-order valence-corrected chi connectivity index (χ3v) is 5.12. The number of piperidine rings is 1. The van der Waals surface area contributed by atoms with Crippen molar-refractivity contribution in [3.8, 4) is 0 Å². The molecule has 0 N–H and O–H groups in total. The highest BCUT2D eigenvalue weighted by molar-refractivity contribution is 5.98. The highest BCUT2D eigenvalue weighted by Gasteiger charge is 2.40. The summed E-state index contributed by atoms with van der Waals surface area (Å²) in [4.78, 5) is 17.3. The lowest BCUT2D eigenvalue weighted by molar-refractivity contribution is 0.0767. The fraction of sp³-hybridized carbons (Fsp3) is 0.588. The van der Waals surface area contributed by atoms with Gasteiger partial charge in [0, 0.05) is 43.3 Å². The molecule has 0 amide bonds. The number of Topliss-reactive ketones (excluding diaryl/α,β-unsaturated/α-hetero) is 1. The standard InChI is InChI=1S/C17H24N2O/c1-18(2)14-6-4-5-12(9-14)17(20)13-10-15-7-8-16(11-13)19(15)3/h4-6,9,13,15-16H,7-8,10-11H2,1-3H3. The largest absolute Gasteiger partial charge is 0.378 e. The van der Waals surface area contributed by atoms with Crippen LogP contribution in [-0.4, -0.2) is 43.9 Å². The average Bonchev–Trinajstić information content (AvgIpc) is 2.68. The minimum atomic E-state index is 0.223. The Labute approximate surface area is 121 Å². The Kier molecular flexibility index (Phi) is 3.55.